The van der Waals surface area contributed by atoms with Crippen LogP contribution in [-0.4, -0.2) is 15.0 Å². The molecule has 0 saturated heterocycles. The number of hydrogen-bond acceptors (Lipinski definition) is 4. The van der Waals surface area contributed by atoms with Crippen molar-refractivity contribution in [2.75, 3.05) is 0 Å². The van der Waals surface area contributed by atoms with Gasteiger partial charge in [-0.15, -0.1) is 0 Å². The summed E-state index contributed by atoms with van der Waals surface area (Å²) in [5.74, 6) is 2.16. The van der Waals surface area contributed by atoms with Crippen LogP contribution in [0.4, 0.5) is 0 Å². The third-order valence-corrected chi connectivity index (χ3v) is 13.2. The van der Waals surface area contributed by atoms with Gasteiger partial charge in [-0.25, -0.2) is 15.0 Å². The van der Waals surface area contributed by atoms with Gasteiger partial charge in [-0.05, 0) is 95.0 Å². The Kier molecular flexibility index (Phi) is 8.63. The van der Waals surface area contributed by atoms with Gasteiger partial charge < -0.3 is 4.42 Å². The molecule has 1 aliphatic rings. The van der Waals surface area contributed by atoms with Crippen LogP contribution in [0, 0.1) is 0 Å². The van der Waals surface area contributed by atoms with Crippen molar-refractivity contribution in [3.05, 3.63) is 224 Å². The maximum atomic E-state index is 6.90. The first kappa shape index (κ1) is 37.1. The minimum atomic E-state index is 0.0472. The Balaban J connectivity index is 1.11. The zero-order valence-electron chi connectivity index (χ0n) is 35.3. The van der Waals surface area contributed by atoms with Crippen LogP contribution in [0.25, 0.3) is 121 Å². The lowest BCUT2D eigenvalue weighted by molar-refractivity contribution is 0.669. The fourth-order valence-corrected chi connectivity index (χ4v) is 10.4. The standard InChI is InChI=1S/C61H39N3O/c1-4-20-38(21-5-1)53-41-26-10-12-28-43(41)54(44-29-13-11-27-42(44)53)49-34-18-36-51-57(49)58-50(35-19-37-52(58)65-51)55-45-30-14-16-32-47(45)56(48-33-17-15-31-46(48)55)61-63-59(39-22-6-2-7-23-39)62-60(64-61)40-24-8-3-9-25-40/h1-24,26-37,40H,25H2. The molecule has 0 saturated carbocycles. The van der Waals surface area contributed by atoms with Gasteiger partial charge in [0.05, 0.1) is 0 Å². The average molecular weight is 830 g/mol. The number of fused-ring (bicyclic) bond motifs is 7. The van der Waals surface area contributed by atoms with E-state index in [9.17, 15) is 0 Å². The number of allylic oxidation sites excluding steroid dienone is 4. The summed E-state index contributed by atoms with van der Waals surface area (Å²) in [6, 6.07) is 69.3. The maximum absolute atomic E-state index is 6.90. The molecule has 0 spiro atoms. The molecular formula is C61H39N3O. The summed E-state index contributed by atoms with van der Waals surface area (Å²) in [6.07, 6.45) is 9.40. The number of nitrogens with zero attached hydrogens (tertiary/aromatic N) is 3. The van der Waals surface area contributed by atoms with E-state index < -0.39 is 0 Å². The van der Waals surface area contributed by atoms with Crippen LogP contribution in [-0.2, 0) is 0 Å². The van der Waals surface area contributed by atoms with E-state index in [1.807, 2.05) is 18.2 Å². The summed E-state index contributed by atoms with van der Waals surface area (Å²) in [7, 11) is 0. The van der Waals surface area contributed by atoms with E-state index in [1.165, 1.54) is 38.2 Å². The summed E-state index contributed by atoms with van der Waals surface area (Å²) in [6.45, 7) is 0. The van der Waals surface area contributed by atoms with Crippen LogP contribution in [0.15, 0.2) is 223 Å². The molecule has 4 nitrogen and oxygen atoms in total. The maximum Gasteiger partial charge on any atom is 0.164 e. The number of hydrogen-bond donors (Lipinski definition) is 0. The molecular weight excluding hydrogens is 791 g/mol. The van der Waals surface area contributed by atoms with Crippen molar-refractivity contribution in [2.45, 2.75) is 12.3 Å². The number of furan rings is 1. The van der Waals surface area contributed by atoms with Crippen molar-refractivity contribution in [1.82, 2.24) is 15.0 Å². The predicted octanol–water partition coefficient (Wildman–Crippen LogP) is 16.3. The van der Waals surface area contributed by atoms with Gasteiger partial charge in [-0.3, -0.25) is 0 Å². The summed E-state index contributed by atoms with van der Waals surface area (Å²) in [5, 5.41) is 11.4. The fraction of sp³-hybridized carbons (Fsp3) is 0.0328. The molecule has 0 fully saturated rings. The highest BCUT2D eigenvalue weighted by Gasteiger charge is 2.26. The summed E-state index contributed by atoms with van der Waals surface area (Å²) < 4.78 is 6.90. The van der Waals surface area contributed by atoms with Gasteiger partial charge in [0.1, 0.15) is 17.0 Å². The number of aromatic nitrogens is 3. The summed E-state index contributed by atoms with van der Waals surface area (Å²) in [4.78, 5) is 15.7. The Morgan fingerprint density at radius 3 is 1.26 bits per heavy atom. The highest BCUT2D eigenvalue weighted by molar-refractivity contribution is 6.29. The SMILES string of the molecule is C1=CCC(c2nc(-c3ccccc3)nc(-c3c4ccccc4c(-c4cccc5oc6cccc(-c7c8ccccc8c(-c8ccccc8)c8ccccc78)c6c45)c4ccccc34)n2)C=C1. The Morgan fingerprint density at radius 2 is 0.785 bits per heavy atom. The van der Waals surface area contributed by atoms with Crippen molar-refractivity contribution >= 4 is 65.0 Å². The quantitative estimate of drug-likeness (QED) is 0.157. The molecule has 0 aliphatic heterocycles. The van der Waals surface area contributed by atoms with Gasteiger partial charge in [0.15, 0.2) is 11.6 Å². The third kappa shape index (κ3) is 5.95. The first-order valence-electron chi connectivity index (χ1n) is 22.3. The van der Waals surface area contributed by atoms with Crippen LogP contribution in [0.5, 0.6) is 0 Å². The van der Waals surface area contributed by atoms with Crippen molar-refractivity contribution in [3.63, 3.8) is 0 Å². The third-order valence-electron chi connectivity index (χ3n) is 13.2. The van der Waals surface area contributed by atoms with E-state index in [0.29, 0.717) is 11.6 Å². The largest absolute Gasteiger partial charge is 0.456 e. The van der Waals surface area contributed by atoms with Gasteiger partial charge in [0, 0.05) is 27.8 Å². The van der Waals surface area contributed by atoms with E-state index >= 15 is 0 Å². The topological polar surface area (TPSA) is 51.8 Å². The van der Waals surface area contributed by atoms with E-state index in [0.717, 1.165) is 83.5 Å². The van der Waals surface area contributed by atoms with E-state index in [2.05, 4.69) is 200 Å². The minimum Gasteiger partial charge on any atom is -0.456 e. The van der Waals surface area contributed by atoms with Gasteiger partial charge in [0.25, 0.3) is 0 Å². The van der Waals surface area contributed by atoms with Gasteiger partial charge in [-0.2, -0.15) is 0 Å². The molecule has 0 radical (unpaired) electrons. The van der Waals surface area contributed by atoms with Crippen LogP contribution in [0.3, 0.4) is 0 Å². The van der Waals surface area contributed by atoms with Crippen LogP contribution >= 0.6 is 0 Å². The minimum absolute atomic E-state index is 0.0472. The van der Waals surface area contributed by atoms with Gasteiger partial charge in [0.2, 0.25) is 0 Å². The molecule has 2 aromatic heterocycles. The number of benzene rings is 10. The molecule has 1 unspecified atom stereocenters. The summed E-state index contributed by atoms with van der Waals surface area (Å²) >= 11 is 0. The molecule has 10 aromatic carbocycles. The molecule has 4 heteroatoms. The highest BCUT2D eigenvalue weighted by Crippen LogP contribution is 2.51. The van der Waals surface area contributed by atoms with Crippen molar-refractivity contribution in [3.8, 4) is 56.2 Å². The van der Waals surface area contributed by atoms with E-state index in [4.69, 9.17) is 19.4 Å². The monoisotopic (exact) mass is 829 g/mol. The van der Waals surface area contributed by atoms with Crippen molar-refractivity contribution < 1.29 is 4.42 Å². The first-order valence-corrected chi connectivity index (χ1v) is 22.3. The van der Waals surface area contributed by atoms with E-state index in [1.54, 1.807) is 0 Å². The zero-order chi connectivity index (χ0) is 42.8. The van der Waals surface area contributed by atoms with Crippen LogP contribution in [0.1, 0.15) is 18.2 Å². The van der Waals surface area contributed by atoms with Crippen molar-refractivity contribution in [2.24, 2.45) is 0 Å². The highest BCUT2D eigenvalue weighted by atomic mass is 16.3. The summed E-state index contributed by atoms with van der Waals surface area (Å²) in [5.41, 5.74) is 10.7. The molecule has 0 amide bonds. The van der Waals surface area contributed by atoms with Crippen LogP contribution < -0.4 is 0 Å². The first-order chi connectivity index (χ1) is 32.3. The van der Waals surface area contributed by atoms with Gasteiger partial charge in [-0.1, -0.05) is 206 Å². The Labute approximate surface area is 375 Å². The molecule has 0 N–H and O–H groups in total. The second-order valence-corrected chi connectivity index (χ2v) is 16.9. The average Bonchev–Trinajstić information content (AvgIpc) is 3.78. The second-order valence-electron chi connectivity index (χ2n) is 16.9. The lowest BCUT2D eigenvalue weighted by Gasteiger charge is -2.20. The molecule has 0 bridgehead atoms. The molecule has 304 valence electrons. The normalized spacial score (nSPS) is 13.8. The molecule has 1 aliphatic carbocycles. The molecule has 13 rings (SSSR count). The molecule has 2 heterocycles. The molecule has 12 aromatic rings. The Bertz CT molecular complexity index is 3810. The van der Waals surface area contributed by atoms with Crippen LogP contribution in [0.2, 0.25) is 0 Å². The Morgan fingerprint density at radius 1 is 0.354 bits per heavy atom. The number of rotatable bonds is 6. The Hall–Kier alpha value is -8.47. The van der Waals surface area contributed by atoms with Gasteiger partial charge >= 0.3 is 0 Å². The lowest BCUT2D eigenvalue weighted by Crippen LogP contribution is -2.08. The van der Waals surface area contributed by atoms with Crippen molar-refractivity contribution in [1.29, 1.82) is 0 Å². The second kappa shape index (κ2) is 15.1. The smallest absolute Gasteiger partial charge is 0.164 e. The zero-order valence-corrected chi connectivity index (χ0v) is 35.3. The fourth-order valence-electron chi connectivity index (χ4n) is 10.4. The molecule has 1 atom stereocenters. The van der Waals surface area contributed by atoms with E-state index in [-0.39, 0.29) is 5.92 Å². The molecule has 65 heavy (non-hydrogen) atoms. The lowest BCUT2D eigenvalue weighted by atomic mass is 9.83. The predicted molar refractivity (Wildman–Crippen MR) is 270 cm³/mol.